The van der Waals surface area contributed by atoms with Crippen LogP contribution in [0.5, 0.6) is 0 Å². The minimum Gasteiger partial charge on any atom is -0.325 e. The predicted octanol–water partition coefficient (Wildman–Crippen LogP) is 1.07. The SMILES string of the molecule is CN(Cc1cccnc1CN)CC1CCCN1C. The average molecular weight is 248 g/mol. The van der Waals surface area contributed by atoms with Gasteiger partial charge in [0.25, 0.3) is 0 Å². The maximum Gasteiger partial charge on any atom is 0.0584 e. The molecule has 4 nitrogen and oxygen atoms in total. The molecular formula is C14H24N4. The van der Waals surface area contributed by atoms with Crippen molar-refractivity contribution in [3.05, 3.63) is 29.6 Å². The van der Waals surface area contributed by atoms with Crippen molar-refractivity contribution in [1.29, 1.82) is 0 Å². The van der Waals surface area contributed by atoms with E-state index in [0.29, 0.717) is 12.6 Å². The first-order valence-corrected chi connectivity index (χ1v) is 6.72. The Hall–Kier alpha value is -0.970. The van der Waals surface area contributed by atoms with E-state index in [1.54, 1.807) is 0 Å². The lowest BCUT2D eigenvalue weighted by molar-refractivity contribution is 0.215. The first-order valence-electron chi connectivity index (χ1n) is 6.72. The fourth-order valence-electron chi connectivity index (χ4n) is 2.72. The predicted molar refractivity (Wildman–Crippen MR) is 74.1 cm³/mol. The summed E-state index contributed by atoms with van der Waals surface area (Å²) in [7, 11) is 4.40. The minimum absolute atomic E-state index is 0.521. The number of pyridine rings is 1. The molecule has 1 atom stereocenters. The quantitative estimate of drug-likeness (QED) is 0.846. The van der Waals surface area contributed by atoms with E-state index in [2.05, 4.69) is 34.9 Å². The van der Waals surface area contributed by atoms with Crippen LogP contribution >= 0.6 is 0 Å². The van der Waals surface area contributed by atoms with Crippen molar-refractivity contribution in [3.63, 3.8) is 0 Å². The van der Waals surface area contributed by atoms with Gasteiger partial charge in [0.1, 0.15) is 0 Å². The Morgan fingerprint density at radius 3 is 3.06 bits per heavy atom. The zero-order chi connectivity index (χ0) is 13.0. The lowest BCUT2D eigenvalue weighted by atomic mass is 10.1. The highest BCUT2D eigenvalue weighted by atomic mass is 15.2. The lowest BCUT2D eigenvalue weighted by Gasteiger charge is -2.26. The van der Waals surface area contributed by atoms with Crippen molar-refractivity contribution in [1.82, 2.24) is 14.8 Å². The third-order valence-corrected chi connectivity index (χ3v) is 3.81. The number of rotatable bonds is 5. The summed E-state index contributed by atoms with van der Waals surface area (Å²) in [6.07, 6.45) is 4.46. The summed E-state index contributed by atoms with van der Waals surface area (Å²) in [5.74, 6) is 0. The highest BCUT2D eigenvalue weighted by Crippen LogP contribution is 2.16. The molecule has 1 aromatic rings. The van der Waals surface area contributed by atoms with Crippen LogP contribution in [0, 0.1) is 0 Å². The van der Waals surface area contributed by atoms with Crippen LogP contribution in [0.15, 0.2) is 18.3 Å². The molecule has 0 amide bonds. The van der Waals surface area contributed by atoms with Crippen LogP contribution < -0.4 is 5.73 Å². The molecule has 2 heterocycles. The summed E-state index contributed by atoms with van der Waals surface area (Å²) in [5, 5.41) is 0. The molecule has 0 radical (unpaired) electrons. The molecule has 1 unspecified atom stereocenters. The summed E-state index contributed by atoms with van der Waals surface area (Å²) in [6.45, 7) is 3.81. The lowest BCUT2D eigenvalue weighted by Crippen LogP contribution is -2.36. The van der Waals surface area contributed by atoms with Crippen molar-refractivity contribution >= 4 is 0 Å². The Bertz CT molecular complexity index is 380. The first kappa shape index (κ1) is 13.5. The zero-order valence-electron chi connectivity index (χ0n) is 11.5. The molecular weight excluding hydrogens is 224 g/mol. The Balaban J connectivity index is 1.92. The third kappa shape index (κ3) is 3.28. The fraction of sp³-hybridized carbons (Fsp3) is 0.643. The molecule has 0 aromatic carbocycles. The molecule has 0 aliphatic carbocycles. The van der Waals surface area contributed by atoms with Crippen molar-refractivity contribution in [2.24, 2.45) is 5.73 Å². The van der Waals surface area contributed by atoms with E-state index < -0.39 is 0 Å². The fourth-order valence-corrected chi connectivity index (χ4v) is 2.72. The van der Waals surface area contributed by atoms with Gasteiger partial charge in [-0.3, -0.25) is 4.98 Å². The number of nitrogens with zero attached hydrogens (tertiary/aromatic N) is 3. The monoisotopic (exact) mass is 248 g/mol. The summed E-state index contributed by atoms with van der Waals surface area (Å²) >= 11 is 0. The molecule has 0 spiro atoms. The van der Waals surface area contributed by atoms with E-state index in [1.807, 2.05) is 12.3 Å². The molecule has 1 fully saturated rings. The van der Waals surface area contributed by atoms with Gasteiger partial charge in [-0.2, -0.15) is 0 Å². The Morgan fingerprint density at radius 2 is 2.39 bits per heavy atom. The summed E-state index contributed by atoms with van der Waals surface area (Å²) < 4.78 is 0. The van der Waals surface area contributed by atoms with E-state index >= 15 is 0 Å². The molecule has 1 aliphatic rings. The molecule has 18 heavy (non-hydrogen) atoms. The highest BCUT2D eigenvalue weighted by molar-refractivity contribution is 5.19. The number of likely N-dealkylation sites (tertiary alicyclic amines) is 1. The molecule has 0 bridgehead atoms. The normalized spacial score (nSPS) is 20.8. The van der Waals surface area contributed by atoms with Gasteiger partial charge in [0.05, 0.1) is 5.69 Å². The van der Waals surface area contributed by atoms with Gasteiger partial charge < -0.3 is 15.5 Å². The van der Waals surface area contributed by atoms with Gasteiger partial charge in [-0.05, 0) is 45.1 Å². The second kappa shape index (κ2) is 6.27. The van der Waals surface area contributed by atoms with E-state index in [0.717, 1.165) is 18.8 Å². The van der Waals surface area contributed by atoms with Crippen molar-refractivity contribution in [2.75, 3.05) is 27.2 Å². The minimum atomic E-state index is 0.521. The first-order chi connectivity index (χ1) is 8.70. The van der Waals surface area contributed by atoms with E-state index in [-0.39, 0.29) is 0 Å². The van der Waals surface area contributed by atoms with E-state index in [4.69, 9.17) is 5.73 Å². The van der Waals surface area contributed by atoms with Crippen molar-refractivity contribution < 1.29 is 0 Å². The Kier molecular flexibility index (Phi) is 4.69. The van der Waals surface area contributed by atoms with E-state index in [9.17, 15) is 0 Å². The largest absolute Gasteiger partial charge is 0.325 e. The Morgan fingerprint density at radius 1 is 1.56 bits per heavy atom. The number of likely N-dealkylation sites (N-methyl/N-ethyl adjacent to an activating group) is 2. The molecule has 0 saturated carbocycles. The van der Waals surface area contributed by atoms with Gasteiger partial charge in [-0.1, -0.05) is 6.07 Å². The number of aromatic nitrogens is 1. The standard InChI is InChI=1S/C14H24N4/c1-17(11-13-6-4-8-18(13)2)10-12-5-3-7-16-14(12)9-15/h3,5,7,13H,4,6,8-11,15H2,1-2H3. The molecule has 4 heteroatoms. The molecule has 2 rings (SSSR count). The van der Waals surface area contributed by atoms with Crippen molar-refractivity contribution in [3.8, 4) is 0 Å². The van der Waals surface area contributed by atoms with Crippen LogP contribution in [0.3, 0.4) is 0 Å². The smallest absolute Gasteiger partial charge is 0.0584 e. The van der Waals surface area contributed by atoms with Crippen LogP contribution in [0.2, 0.25) is 0 Å². The van der Waals surface area contributed by atoms with Crippen molar-refractivity contribution in [2.45, 2.75) is 32.0 Å². The molecule has 1 aromatic heterocycles. The van der Waals surface area contributed by atoms with Crippen LogP contribution in [-0.2, 0) is 13.1 Å². The third-order valence-electron chi connectivity index (χ3n) is 3.81. The van der Waals surface area contributed by atoms with E-state index in [1.165, 1.54) is 24.9 Å². The number of nitrogens with two attached hydrogens (primary N) is 1. The van der Waals surface area contributed by atoms with Gasteiger partial charge >= 0.3 is 0 Å². The number of hydrogen-bond donors (Lipinski definition) is 1. The molecule has 1 aliphatic heterocycles. The summed E-state index contributed by atoms with van der Waals surface area (Å²) in [5.41, 5.74) is 7.99. The van der Waals surface area contributed by atoms with Crippen LogP contribution in [0.25, 0.3) is 0 Å². The number of hydrogen-bond acceptors (Lipinski definition) is 4. The van der Waals surface area contributed by atoms with Gasteiger partial charge in [0.15, 0.2) is 0 Å². The van der Waals surface area contributed by atoms with Gasteiger partial charge in [-0.15, -0.1) is 0 Å². The van der Waals surface area contributed by atoms with Gasteiger partial charge in [0.2, 0.25) is 0 Å². The molecule has 100 valence electrons. The average Bonchev–Trinajstić information content (AvgIpc) is 2.75. The van der Waals surface area contributed by atoms with Crippen LogP contribution in [0.1, 0.15) is 24.1 Å². The van der Waals surface area contributed by atoms with Crippen LogP contribution in [-0.4, -0.2) is 48.0 Å². The topological polar surface area (TPSA) is 45.4 Å². The molecule has 2 N–H and O–H groups in total. The van der Waals surface area contributed by atoms with Gasteiger partial charge in [-0.25, -0.2) is 0 Å². The summed E-state index contributed by atoms with van der Waals surface area (Å²) in [4.78, 5) is 9.17. The Labute approximate surface area is 110 Å². The molecule has 1 saturated heterocycles. The maximum atomic E-state index is 5.72. The van der Waals surface area contributed by atoms with Crippen LogP contribution in [0.4, 0.5) is 0 Å². The summed E-state index contributed by atoms with van der Waals surface area (Å²) in [6, 6.07) is 4.82. The second-order valence-electron chi connectivity index (χ2n) is 5.29. The van der Waals surface area contributed by atoms with Gasteiger partial charge in [0, 0.05) is 31.9 Å². The maximum absolute atomic E-state index is 5.72. The highest BCUT2D eigenvalue weighted by Gasteiger charge is 2.22. The zero-order valence-corrected chi connectivity index (χ0v) is 11.5. The second-order valence-corrected chi connectivity index (χ2v) is 5.29.